The molecule has 86 valence electrons. The minimum atomic E-state index is -1.05. The highest BCUT2D eigenvalue weighted by Crippen LogP contribution is 2.10. The van der Waals surface area contributed by atoms with Gasteiger partial charge in [-0.05, 0) is 29.8 Å². The summed E-state index contributed by atoms with van der Waals surface area (Å²) >= 11 is 0. The molecule has 0 aliphatic rings. The van der Waals surface area contributed by atoms with Gasteiger partial charge in [0.15, 0.2) is 0 Å². The third-order valence-corrected chi connectivity index (χ3v) is 2.08. The second-order valence-electron chi connectivity index (χ2n) is 3.33. The van der Waals surface area contributed by atoms with Gasteiger partial charge in [-0.3, -0.25) is 4.98 Å². The number of carboxylic acid groups (broad SMARTS) is 1. The average molecular weight is 230 g/mol. The van der Waals surface area contributed by atoms with E-state index in [9.17, 15) is 4.79 Å². The lowest BCUT2D eigenvalue weighted by molar-refractivity contribution is 0.0690. The molecular formula is C12H10N2O3. The molecule has 0 aromatic carbocycles. The maximum absolute atomic E-state index is 10.7. The molecule has 0 atom stereocenters. The van der Waals surface area contributed by atoms with Crippen LogP contribution in [0.5, 0.6) is 5.75 Å². The Bertz CT molecular complexity index is 514. The fraction of sp³-hybridized carbons (Fsp3) is 0.0833. The zero-order valence-electron chi connectivity index (χ0n) is 8.91. The van der Waals surface area contributed by atoms with Crippen LogP contribution >= 0.6 is 0 Å². The Kier molecular flexibility index (Phi) is 3.30. The van der Waals surface area contributed by atoms with Crippen LogP contribution in [0.4, 0.5) is 0 Å². The van der Waals surface area contributed by atoms with Gasteiger partial charge in [0.2, 0.25) is 0 Å². The van der Waals surface area contributed by atoms with Crippen LogP contribution in [-0.2, 0) is 6.61 Å². The third kappa shape index (κ3) is 3.01. The molecular weight excluding hydrogens is 220 g/mol. The Labute approximate surface area is 97.7 Å². The van der Waals surface area contributed by atoms with Crippen LogP contribution in [0.2, 0.25) is 0 Å². The first-order valence-electron chi connectivity index (χ1n) is 4.97. The molecule has 0 unspecified atom stereocenters. The maximum atomic E-state index is 10.7. The van der Waals surface area contributed by atoms with E-state index in [1.54, 1.807) is 30.6 Å². The molecule has 0 radical (unpaired) electrons. The second-order valence-corrected chi connectivity index (χ2v) is 3.33. The molecule has 2 aromatic heterocycles. The van der Waals surface area contributed by atoms with E-state index in [0.717, 1.165) is 5.56 Å². The zero-order valence-corrected chi connectivity index (χ0v) is 8.91. The smallest absolute Gasteiger partial charge is 0.354 e. The van der Waals surface area contributed by atoms with Gasteiger partial charge in [0.05, 0.1) is 6.20 Å². The SMILES string of the molecule is O=C(O)c1cc(COc2cccnc2)ccn1. The minimum Gasteiger partial charge on any atom is -0.487 e. The lowest BCUT2D eigenvalue weighted by Gasteiger charge is -2.05. The molecule has 2 aromatic rings. The maximum Gasteiger partial charge on any atom is 0.354 e. The van der Waals surface area contributed by atoms with Crippen LogP contribution < -0.4 is 4.74 Å². The number of rotatable bonds is 4. The molecule has 17 heavy (non-hydrogen) atoms. The normalized spacial score (nSPS) is 9.88. The van der Waals surface area contributed by atoms with Crippen molar-refractivity contribution in [1.29, 1.82) is 0 Å². The van der Waals surface area contributed by atoms with Crippen LogP contribution in [0.1, 0.15) is 16.1 Å². The summed E-state index contributed by atoms with van der Waals surface area (Å²) in [5, 5.41) is 8.78. The number of pyridine rings is 2. The van der Waals surface area contributed by atoms with Crippen molar-refractivity contribution in [2.75, 3.05) is 0 Å². The predicted molar refractivity (Wildman–Crippen MR) is 59.8 cm³/mol. The summed E-state index contributed by atoms with van der Waals surface area (Å²) in [6, 6.07) is 6.75. The molecule has 0 aliphatic carbocycles. The summed E-state index contributed by atoms with van der Waals surface area (Å²) in [6.07, 6.45) is 4.70. The van der Waals surface area contributed by atoms with E-state index in [2.05, 4.69) is 9.97 Å². The van der Waals surface area contributed by atoms with Crippen molar-refractivity contribution in [3.05, 3.63) is 54.1 Å². The van der Waals surface area contributed by atoms with E-state index in [1.165, 1.54) is 12.3 Å². The first kappa shape index (κ1) is 11.1. The summed E-state index contributed by atoms with van der Waals surface area (Å²) in [4.78, 5) is 18.4. The summed E-state index contributed by atoms with van der Waals surface area (Å²) in [7, 11) is 0. The topological polar surface area (TPSA) is 72.3 Å². The van der Waals surface area contributed by atoms with E-state index in [1.807, 2.05) is 0 Å². The Balaban J connectivity index is 2.04. The van der Waals surface area contributed by atoms with Crippen LogP contribution in [0.15, 0.2) is 42.9 Å². The molecule has 0 spiro atoms. The Morgan fingerprint density at radius 1 is 1.35 bits per heavy atom. The van der Waals surface area contributed by atoms with Crippen molar-refractivity contribution in [3.63, 3.8) is 0 Å². The fourth-order valence-electron chi connectivity index (χ4n) is 1.28. The van der Waals surface area contributed by atoms with Crippen LogP contribution in [0.25, 0.3) is 0 Å². The second kappa shape index (κ2) is 5.07. The predicted octanol–water partition coefficient (Wildman–Crippen LogP) is 1.75. The van der Waals surface area contributed by atoms with Crippen molar-refractivity contribution in [2.45, 2.75) is 6.61 Å². The first-order valence-corrected chi connectivity index (χ1v) is 4.97. The summed E-state index contributed by atoms with van der Waals surface area (Å²) in [5.74, 6) is -0.408. The summed E-state index contributed by atoms with van der Waals surface area (Å²) in [6.45, 7) is 0.286. The fourth-order valence-corrected chi connectivity index (χ4v) is 1.28. The number of carboxylic acids is 1. The van der Waals surface area contributed by atoms with Crippen molar-refractivity contribution < 1.29 is 14.6 Å². The summed E-state index contributed by atoms with van der Waals surface area (Å²) < 4.78 is 5.44. The van der Waals surface area contributed by atoms with Crippen molar-refractivity contribution in [1.82, 2.24) is 9.97 Å². The van der Waals surface area contributed by atoms with Gasteiger partial charge in [-0.15, -0.1) is 0 Å². The lowest BCUT2D eigenvalue weighted by atomic mass is 10.2. The quantitative estimate of drug-likeness (QED) is 0.866. The van der Waals surface area contributed by atoms with Gasteiger partial charge in [-0.25, -0.2) is 9.78 Å². The number of aromatic nitrogens is 2. The minimum absolute atomic E-state index is 0.0114. The number of hydrogen-bond donors (Lipinski definition) is 1. The summed E-state index contributed by atoms with van der Waals surface area (Å²) in [5.41, 5.74) is 0.763. The standard InChI is InChI=1S/C12H10N2O3/c15-12(16)11-6-9(3-5-14-11)8-17-10-2-1-4-13-7-10/h1-7H,8H2,(H,15,16). The molecule has 5 heteroatoms. The van der Waals surface area contributed by atoms with Gasteiger partial charge >= 0.3 is 5.97 Å². The Morgan fingerprint density at radius 2 is 2.24 bits per heavy atom. The van der Waals surface area contributed by atoms with Crippen molar-refractivity contribution in [3.8, 4) is 5.75 Å². The van der Waals surface area contributed by atoms with Gasteiger partial charge in [-0.1, -0.05) is 0 Å². The van der Waals surface area contributed by atoms with E-state index >= 15 is 0 Å². The van der Waals surface area contributed by atoms with Crippen LogP contribution in [0, 0.1) is 0 Å². The molecule has 0 saturated carbocycles. The molecule has 2 rings (SSSR count). The van der Waals surface area contributed by atoms with Gasteiger partial charge in [0, 0.05) is 12.4 Å². The van der Waals surface area contributed by atoms with Gasteiger partial charge in [0.1, 0.15) is 18.1 Å². The molecule has 0 saturated heterocycles. The highest BCUT2D eigenvalue weighted by molar-refractivity contribution is 5.85. The molecule has 0 amide bonds. The molecule has 0 bridgehead atoms. The number of aromatic carboxylic acids is 1. The van der Waals surface area contributed by atoms with Crippen LogP contribution in [0.3, 0.4) is 0 Å². The monoisotopic (exact) mass is 230 g/mol. The zero-order chi connectivity index (χ0) is 12.1. The Morgan fingerprint density at radius 3 is 2.94 bits per heavy atom. The molecule has 1 N–H and O–H groups in total. The molecule has 5 nitrogen and oxygen atoms in total. The van der Waals surface area contributed by atoms with Crippen LogP contribution in [-0.4, -0.2) is 21.0 Å². The van der Waals surface area contributed by atoms with E-state index in [0.29, 0.717) is 5.75 Å². The highest BCUT2D eigenvalue weighted by atomic mass is 16.5. The average Bonchev–Trinajstić information content (AvgIpc) is 2.38. The lowest BCUT2D eigenvalue weighted by Crippen LogP contribution is -2.02. The van der Waals surface area contributed by atoms with E-state index < -0.39 is 5.97 Å². The number of carbonyl (C=O) groups is 1. The van der Waals surface area contributed by atoms with E-state index in [4.69, 9.17) is 9.84 Å². The van der Waals surface area contributed by atoms with Gasteiger partial charge < -0.3 is 9.84 Å². The largest absolute Gasteiger partial charge is 0.487 e. The van der Waals surface area contributed by atoms with Crippen molar-refractivity contribution >= 4 is 5.97 Å². The number of hydrogen-bond acceptors (Lipinski definition) is 4. The van der Waals surface area contributed by atoms with Crippen molar-refractivity contribution in [2.24, 2.45) is 0 Å². The van der Waals surface area contributed by atoms with Gasteiger partial charge in [0.25, 0.3) is 0 Å². The van der Waals surface area contributed by atoms with E-state index in [-0.39, 0.29) is 12.3 Å². The number of ether oxygens (including phenoxy) is 1. The highest BCUT2D eigenvalue weighted by Gasteiger charge is 2.05. The Hall–Kier alpha value is -2.43. The van der Waals surface area contributed by atoms with Gasteiger partial charge in [-0.2, -0.15) is 0 Å². The number of nitrogens with zero attached hydrogens (tertiary/aromatic N) is 2. The third-order valence-electron chi connectivity index (χ3n) is 2.08. The molecule has 0 fully saturated rings. The first-order chi connectivity index (χ1) is 8.25. The molecule has 2 heterocycles. The molecule has 0 aliphatic heterocycles.